The number of benzene rings is 1. The van der Waals surface area contributed by atoms with Crippen molar-refractivity contribution in [2.45, 2.75) is 27.7 Å². The zero-order valence-electron chi connectivity index (χ0n) is 9.83. The van der Waals surface area contributed by atoms with Crippen molar-refractivity contribution in [2.24, 2.45) is 0 Å². The number of fused-ring (bicyclic) bond motifs is 1. The standard InChI is InChI=1S/C11H12N2.C2H6/c1-7-3-4-9-10(5-7)8(2)6-13-11(9)12;1-2/h3-6H,1-2H3,(H2,12,13);1-2H3. The third kappa shape index (κ3) is 2.27. The summed E-state index contributed by atoms with van der Waals surface area (Å²) in [4.78, 5) is 4.11. The summed E-state index contributed by atoms with van der Waals surface area (Å²) in [7, 11) is 0. The fourth-order valence-electron chi connectivity index (χ4n) is 1.51. The summed E-state index contributed by atoms with van der Waals surface area (Å²) in [5.41, 5.74) is 8.19. The van der Waals surface area contributed by atoms with Crippen molar-refractivity contribution in [3.8, 4) is 0 Å². The first-order chi connectivity index (χ1) is 7.18. The van der Waals surface area contributed by atoms with Gasteiger partial charge in [-0.15, -0.1) is 0 Å². The van der Waals surface area contributed by atoms with Crippen LogP contribution in [-0.2, 0) is 0 Å². The van der Waals surface area contributed by atoms with Gasteiger partial charge in [0.2, 0.25) is 0 Å². The van der Waals surface area contributed by atoms with Crippen LogP contribution in [0, 0.1) is 13.8 Å². The molecule has 2 N–H and O–H groups in total. The summed E-state index contributed by atoms with van der Waals surface area (Å²) in [5, 5.41) is 2.25. The Kier molecular flexibility index (Phi) is 3.67. The normalized spacial score (nSPS) is 9.60. The first-order valence-corrected chi connectivity index (χ1v) is 5.30. The van der Waals surface area contributed by atoms with E-state index in [0.29, 0.717) is 5.82 Å². The summed E-state index contributed by atoms with van der Waals surface area (Å²) in [6.07, 6.45) is 1.82. The van der Waals surface area contributed by atoms with Gasteiger partial charge in [0.1, 0.15) is 5.82 Å². The summed E-state index contributed by atoms with van der Waals surface area (Å²) >= 11 is 0. The second-order valence-corrected chi connectivity index (χ2v) is 3.38. The fourth-order valence-corrected chi connectivity index (χ4v) is 1.51. The minimum absolute atomic E-state index is 0.612. The minimum atomic E-state index is 0.612. The fraction of sp³-hybridized carbons (Fsp3) is 0.308. The van der Waals surface area contributed by atoms with Gasteiger partial charge in [-0.2, -0.15) is 0 Å². The number of anilines is 1. The summed E-state index contributed by atoms with van der Waals surface area (Å²) in [6.45, 7) is 8.13. The minimum Gasteiger partial charge on any atom is -0.383 e. The predicted molar refractivity (Wildman–Crippen MR) is 67.0 cm³/mol. The van der Waals surface area contributed by atoms with Crippen LogP contribution in [0.1, 0.15) is 25.0 Å². The molecule has 1 heterocycles. The lowest BCUT2D eigenvalue weighted by molar-refractivity contribution is 1.31. The number of rotatable bonds is 0. The number of nitrogen functional groups attached to an aromatic ring is 1. The van der Waals surface area contributed by atoms with Crippen molar-refractivity contribution in [1.29, 1.82) is 0 Å². The van der Waals surface area contributed by atoms with Gasteiger partial charge in [0.25, 0.3) is 0 Å². The molecule has 0 aliphatic heterocycles. The highest BCUT2D eigenvalue weighted by Crippen LogP contribution is 2.22. The molecule has 0 atom stereocenters. The number of nitrogens with zero attached hydrogens (tertiary/aromatic N) is 1. The van der Waals surface area contributed by atoms with Crippen molar-refractivity contribution in [1.82, 2.24) is 4.98 Å². The van der Waals surface area contributed by atoms with Crippen molar-refractivity contribution >= 4 is 16.6 Å². The van der Waals surface area contributed by atoms with Gasteiger partial charge in [-0.3, -0.25) is 0 Å². The number of aryl methyl sites for hydroxylation is 2. The van der Waals surface area contributed by atoms with E-state index in [4.69, 9.17) is 5.73 Å². The van der Waals surface area contributed by atoms with Crippen molar-refractivity contribution in [3.05, 3.63) is 35.5 Å². The highest BCUT2D eigenvalue weighted by molar-refractivity contribution is 5.93. The van der Waals surface area contributed by atoms with Gasteiger partial charge >= 0.3 is 0 Å². The van der Waals surface area contributed by atoms with E-state index >= 15 is 0 Å². The molecule has 1 aromatic heterocycles. The van der Waals surface area contributed by atoms with Gasteiger partial charge < -0.3 is 5.73 Å². The lowest BCUT2D eigenvalue weighted by Gasteiger charge is -2.04. The first-order valence-electron chi connectivity index (χ1n) is 5.30. The van der Waals surface area contributed by atoms with Crippen LogP contribution in [0.4, 0.5) is 5.82 Å². The molecule has 1 aromatic carbocycles. The van der Waals surface area contributed by atoms with E-state index in [0.717, 1.165) is 5.39 Å². The average molecular weight is 202 g/mol. The van der Waals surface area contributed by atoms with Crippen LogP contribution in [0.2, 0.25) is 0 Å². The van der Waals surface area contributed by atoms with Gasteiger partial charge in [0, 0.05) is 11.6 Å². The third-order valence-electron chi connectivity index (χ3n) is 2.27. The molecule has 0 amide bonds. The van der Waals surface area contributed by atoms with E-state index in [1.807, 2.05) is 33.0 Å². The van der Waals surface area contributed by atoms with Crippen LogP contribution in [0.25, 0.3) is 10.8 Å². The smallest absolute Gasteiger partial charge is 0.131 e. The van der Waals surface area contributed by atoms with Crippen molar-refractivity contribution in [2.75, 3.05) is 5.73 Å². The SMILES string of the molecule is CC.Cc1ccc2c(N)ncc(C)c2c1. The molecule has 0 radical (unpaired) electrons. The Hall–Kier alpha value is -1.57. The first kappa shape index (κ1) is 11.5. The van der Waals surface area contributed by atoms with Gasteiger partial charge in [-0.1, -0.05) is 37.6 Å². The number of aromatic nitrogens is 1. The lowest BCUT2D eigenvalue weighted by atomic mass is 10.1. The number of pyridine rings is 1. The zero-order valence-corrected chi connectivity index (χ0v) is 9.83. The maximum absolute atomic E-state index is 5.76. The van der Waals surface area contributed by atoms with Gasteiger partial charge in [-0.05, 0) is 24.8 Å². The highest BCUT2D eigenvalue weighted by Gasteiger charge is 2.01. The molecule has 15 heavy (non-hydrogen) atoms. The van der Waals surface area contributed by atoms with Crippen LogP contribution in [0.5, 0.6) is 0 Å². The van der Waals surface area contributed by atoms with Crippen molar-refractivity contribution in [3.63, 3.8) is 0 Å². The number of hydrogen-bond donors (Lipinski definition) is 1. The Morgan fingerprint density at radius 1 is 1.07 bits per heavy atom. The molecule has 0 saturated carbocycles. The molecule has 2 aromatic rings. The molecular formula is C13H18N2. The van der Waals surface area contributed by atoms with E-state index < -0.39 is 0 Å². The maximum Gasteiger partial charge on any atom is 0.131 e. The van der Waals surface area contributed by atoms with E-state index in [1.165, 1.54) is 16.5 Å². The van der Waals surface area contributed by atoms with E-state index in [2.05, 4.69) is 24.0 Å². The molecule has 0 aliphatic carbocycles. The zero-order chi connectivity index (χ0) is 11.4. The van der Waals surface area contributed by atoms with Crippen molar-refractivity contribution < 1.29 is 0 Å². The molecule has 2 nitrogen and oxygen atoms in total. The van der Waals surface area contributed by atoms with Gasteiger partial charge in [0.05, 0.1) is 0 Å². The van der Waals surface area contributed by atoms with Crippen LogP contribution in [-0.4, -0.2) is 4.98 Å². The highest BCUT2D eigenvalue weighted by atomic mass is 14.8. The van der Waals surface area contributed by atoms with E-state index in [9.17, 15) is 0 Å². The predicted octanol–water partition coefficient (Wildman–Crippen LogP) is 3.46. The Labute approximate surface area is 91.1 Å². The molecule has 0 fully saturated rings. The molecule has 80 valence electrons. The quantitative estimate of drug-likeness (QED) is 0.710. The summed E-state index contributed by atoms with van der Waals surface area (Å²) < 4.78 is 0. The van der Waals surface area contributed by atoms with E-state index in [1.54, 1.807) is 0 Å². The number of nitrogens with two attached hydrogens (primary N) is 1. The van der Waals surface area contributed by atoms with Crippen LogP contribution >= 0.6 is 0 Å². The van der Waals surface area contributed by atoms with Crippen LogP contribution < -0.4 is 5.73 Å². The third-order valence-corrected chi connectivity index (χ3v) is 2.27. The molecular weight excluding hydrogens is 184 g/mol. The Morgan fingerprint density at radius 3 is 2.40 bits per heavy atom. The molecule has 0 saturated heterocycles. The molecule has 0 spiro atoms. The lowest BCUT2D eigenvalue weighted by Crippen LogP contribution is -1.93. The molecule has 2 heteroatoms. The van der Waals surface area contributed by atoms with Crippen LogP contribution in [0.3, 0.4) is 0 Å². The monoisotopic (exact) mass is 202 g/mol. The number of hydrogen-bond acceptors (Lipinski definition) is 2. The topological polar surface area (TPSA) is 38.9 Å². The van der Waals surface area contributed by atoms with Crippen LogP contribution in [0.15, 0.2) is 24.4 Å². The largest absolute Gasteiger partial charge is 0.383 e. The molecule has 0 bridgehead atoms. The molecule has 0 aliphatic rings. The molecule has 0 unspecified atom stereocenters. The second-order valence-electron chi connectivity index (χ2n) is 3.38. The van der Waals surface area contributed by atoms with Gasteiger partial charge in [-0.25, -0.2) is 4.98 Å². The second kappa shape index (κ2) is 4.78. The molecule has 2 rings (SSSR count). The average Bonchev–Trinajstić information content (AvgIpc) is 2.27. The Bertz CT molecular complexity index is 461. The summed E-state index contributed by atoms with van der Waals surface area (Å²) in [6, 6.07) is 6.22. The van der Waals surface area contributed by atoms with E-state index in [-0.39, 0.29) is 0 Å². The Morgan fingerprint density at radius 2 is 1.73 bits per heavy atom. The maximum atomic E-state index is 5.76. The summed E-state index contributed by atoms with van der Waals surface area (Å²) in [5.74, 6) is 0.612. The Balaban J connectivity index is 0.000000531. The van der Waals surface area contributed by atoms with Gasteiger partial charge in [0.15, 0.2) is 0 Å².